The Balaban J connectivity index is 4.03. The van der Waals surface area contributed by atoms with Crippen molar-refractivity contribution in [1.29, 1.82) is 0 Å². The summed E-state index contributed by atoms with van der Waals surface area (Å²) >= 11 is 0. The van der Waals surface area contributed by atoms with Gasteiger partial charge in [-0.15, -0.1) is 0 Å². The fourth-order valence-corrected chi connectivity index (χ4v) is 2.49. The van der Waals surface area contributed by atoms with E-state index < -0.39 is 28.7 Å². The fraction of sp³-hybridized carbons (Fsp3) is 0.800. The molecule has 0 fully saturated rings. The van der Waals surface area contributed by atoms with Crippen LogP contribution < -0.4 is 5.32 Å². The largest absolute Gasteiger partial charge is 0.480 e. The Bertz CT molecular complexity index is 268. The molecule has 0 saturated carbocycles. The van der Waals surface area contributed by atoms with Gasteiger partial charge in [0.15, 0.2) is 0 Å². The Labute approximate surface area is 98.1 Å². The van der Waals surface area contributed by atoms with Crippen LogP contribution >= 0.6 is 0 Å². The summed E-state index contributed by atoms with van der Waals surface area (Å²) in [6, 6.07) is -1.04. The summed E-state index contributed by atoms with van der Waals surface area (Å²) in [6.45, 7) is 3.29. The van der Waals surface area contributed by atoms with Gasteiger partial charge in [-0.1, -0.05) is 19.8 Å². The summed E-state index contributed by atoms with van der Waals surface area (Å²) in [5, 5.41) is 11.1. The van der Waals surface area contributed by atoms with Gasteiger partial charge in [0.1, 0.15) is 6.04 Å². The Morgan fingerprint density at radius 2 is 2.00 bits per heavy atom. The molecular formula is C10H19NO4S. The van der Waals surface area contributed by atoms with Crippen LogP contribution in [0.25, 0.3) is 0 Å². The quantitative estimate of drug-likeness (QED) is 0.614. The van der Waals surface area contributed by atoms with E-state index in [2.05, 4.69) is 5.32 Å². The van der Waals surface area contributed by atoms with Gasteiger partial charge in [0.25, 0.3) is 0 Å². The van der Waals surface area contributed by atoms with Gasteiger partial charge in [-0.05, 0) is 6.42 Å². The van der Waals surface area contributed by atoms with Crippen LogP contribution in [0.15, 0.2) is 0 Å². The molecule has 16 heavy (non-hydrogen) atoms. The lowest BCUT2D eigenvalue weighted by atomic mass is 10.3. The average Bonchev–Trinajstić information content (AvgIpc) is 2.16. The lowest BCUT2D eigenvalue weighted by Crippen LogP contribution is -2.43. The second kappa shape index (κ2) is 8.27. The standard InChI is InChI=1S/C10H19NO4S/c1-3-4-5-6-16(15)7-9(10(13)14)11-8(2)12/h9H,3-7H2,1-2H3,(H,11,12)(H,13,14)/t9-,16?/m0/s1. The van der Waals surface area contributed by atoms with Gasteiger partial charge in [0.2, 0.25) is 5.91 Å². The highest BCUT2D eigenvalue weighted by Crippen LogP contribution is 1.99. The van der Waals surface area contributed by atoms with Gasteiger partial charge >= 0.3 is 5.97 Å². The maximum atomic E-state index is 11.5. The minimum atomic E-state index is -1.18. The molecule has 0 aliphatic carbocycles. The Hall–Kier alpha value is -0.910. The van der Waals surface area contributed by atoms with Crippen molar-refractivity contribution in [1.82, 2.24) is 5.32 Å². The summed E-state index contributed by atoms with van der Waals surface area (Å²) in [6.07, 6.45) is 2.85. The van der Waals surface area contributed by atoms with E-state index in [4.69, 9.17) is 5.11 Å². The summed E-state index contributed by atoms with van der Waals surface area (Å²) in [4.78, 5) is 21.5. The molecule has 0 saturated heterocycles. The molecule has 0 aliphatic rings. The van der Waals surface area contributed by atoms with Crippen LogP contribution in [0, 0.1) is 0 Å². The van der Waals surface area contributed by atoms with Gasteiger partial charge in [0, 0.05) is 23.5 Å². The van der Waals surface area contributed by atoms with Gasteiger partial charge in [0.05, 0.1) is 5.75 Å². The van der Waals surface area contributed by atoms with E-state index in [1.807, 2.05) is 6.92 Å². The van der Waals surface area contributed by atoms with Crippen LogP contribution in [-0.2, 0) is 20.4 Å². The van der Waals surface area contributed by atoms with Crippen LogP contribution in [0.5, 0.6) is 0 Å². The molecule has 0 aromatic heterocycles. The van der Waals surface area contributed by atoms with Crippen molar-refractivity contribution >= 4 is 22.7 Å². The minimum absolute atomic E-state index is 0.0153. The summed E-state index contributed by atoms with van der Waals surface area (Å²) in [5.74, 6) is -1.08. The Morgan fingerprint density at radius 1 is 1.38 bits per heavy atom. The molecule has 0 spiro atoms. The second-order valence-electron chi connectivity index (χ2n) is 3.61. The Kier molecular flexibility index (Phi) is 7.80. The third-order valence-electron chi connectivity index (χ3n) is 2.00. The van der Waals surface area contributed by atoms with Gasteiger partial charge in [-0.3, -0.25) is 9.00 Å². The third-order valence-corrected chi connectivity index (χ3v) is 3.45. The van der Waals surface area contributed by atoms with Crippen molar-refractivity contribution < 1.29 is 18.9 Å². The average molecular weight is 249 g/mol. The van der Waals surface area contributed by atoms with E-state index in [0.29, 0.717) is 5.75 Å². The predicted molar refractivity (Wildman–Crippen MR) is 62.6 cm³/mol. The Morgan fingerprint density at radius 3 is 2.44 bits per heavy atom. The van der Waals surface area contributed by atoms with E-state index in [-0.39, 0.29) is 5.75 Å². The monoisotopic (exact) mass is 249 g/mol. The number of aliphatic carboxylic acids is 1. The van der Waals surface area contributed by atoms with E-state index in [0.717, 1.165) is 19.3 Å². The number of carbonyl (C=O) groups is 2. The first kappa shape index (κ1) is 15.1. The van der Waals surface area contributed by atoms with E-state index in [1.165, 1.54) is 6.92 Å². The first-order chi connectivity index (χ1) is 7.47. The molecule has 94 valence electrons. The zero-order chi connectivity index (χ0) is 12.6. The van der Waals surface area contributed by atoms with Crippen LogP contribution in [0.2, 0.25) is 0 Å². The molecule has 0 aromatic rings. The molecule has 0 aliphatic heterocycles. The van der Waals surface area contributed by atoms with E-state index >= 15 is 0 Å². The number of carbonyl (C=O) groups excluding carboxylic acids is 1. The van der Waals surface area contributed by atoms with Crippen LogP contribution in [0.3, 0.4) is 0 Å². The summed E-state index contributed by atoms with van der Waals surface area (Å²) in [5.41, 5.74) is 0. The van der Waals surface area contributed by atoms with E-state index in [1.54, 1.807) is 0 Å². The molecule has 1 amide bonds. The molecule has 1 unspecified atom stereocenters. The molecule has 0 radical (unpaired) electrons. The van der Waals surface area contributed by atoms with Crippen molar-refractivity contribution in [3.05, 3.63) is 0 Å². The molecule has 0 rings (SSSR count). The molecule has 0 heterocycles. The normalized spacial score (nSPS) is 14.1. The number of amides is 1. The highest BCUT2D eigenvalue weighted by atomic mass is 32.2. The maximum Gasteiger partial charge on any atom is 0.327 e. The minimum Gasteiger partial charge on any atom is -0.480 e. The molecule has 2 N–H and O–H groups in total. The number of nitrogens with one attached hydrogen (secondary N) is 1. The van der Waals surface area contributed by atoms with Crippen LogP contribution in [0.1, 0.15) is 33.1 Å². The number of hydrogen-bond acceptors (Lipinski definition) is 3. The highest BCUT2D eigenvalue weighted by Gasteiger charge is 2.20. The van der Waals surface area contributed by atoms with Gasteiger partial charge in [-0.25, -0.2) is 4.79 Å². The molecule has 2 atom stereocenters. The highest BCUT2D eigenvalue weighted by molar-refractivity contribution is 7.85. The van der Waals surface area contributed by atoms with Crippen molar-refractivity contribution in [2.45, 2.75) is 39.2 Å². The van der Waals surface area contributed by atoms with Crippen molar-refractivity contribution in [3.63, 3.8) is 0 Å². The van der Waals surface area contributed by atoms with Crippen LogP contribution in [-0.4, -0.2) is 38.7 Å². The fourth-order valence-electron chi connectivity index (χ4n) is 1.20. The number of hydrogen-bond donors (Lipinski definition) is 2. The lowest BCUT2D eigenvalue weighted by Gasteiger charge is -2.12. The number of carboxylic acid groups (broad SMARTS) is 1. The molecule has 6 heteroatoms. The predicted octanol–water partition coefficient (Wildman–Crippen LogP) is 0.515. The zero-order valence-electron chi connectivity index (χ0n) is 9.69. The first-order valence-corrected chi connectivity index (χ1v) is 6.81. The van der Waals surface area contributed by atoms with Crippen LogP contribution in [0.4, 0.5) is 0 Å². The lowest BCUT2D eigenvalue weighted by molar-refractivity contribution is -0.140. The first-order valence-electron chi connectivity index (χ1n) is 5.32. The zero-order valence-corrected chi connectivity index (χ0v) is 10.5. The molecule has 5 nitrogen and oxygen atoms in total. The number of rotatable bonds is 8. The summed E-state index contributed by atoms with van der Waals surface area (Å²) in [7, 11) is -1.18. The van der Waals surface area contributed by atoms with E-state index in [9.17, 15) is 13.8 Å². The van der Waals surface area contributed by atoms with Gasteiger partial charge in [-0.2, -0.15) is 0 Å². The molecule has 0 aromatic carbocycles. The van der Waals surface area contributed by atoms with Crippen molar-refractivity contribution in [3.8, 4) is 0 Å². The van der Waals surface area contributed by atoms with Gasteiger partial charge < -0.3 is 10.4 Å². The molecule has 0 bridgehead atoms. The van der Waals surface area contributed by atoms with Crippen molar-refractivity contribution in [2.24, 2.45) is 0 Å². The molecular weight excluding hydrogens is 230 g/mol. The van der Waals surface area contributed by atoms with Crippen molar-refractivity contribution in [2.75, 3.05) is 11.5 Å². The summed E-state index contributed by atoms with van der Waals surface area (Å²) < 4.78 is 11.5. The smallest absolute Gasteiger partial charge is 0.327 e. The third kappa shape index (κ3) is 7.39. The topological polar surface area (TPSA) is 83.5 Å². The number of carboxylic acids is 1. The second-order valence-corrected chi connectivity index (χ2v) is 5.23. The maximum absolute atomic E-state index is 11.5. The number of unbranched alkanes of at least 4 members (excludes halogenated alkanes) is 2. The SMILES string of the molecule is CCCCCS(=O)C[C@H](NC(C)=O)C(=O)O.